The van der Waals surface area contributed by atoms with Crippen molar-refractivity contribution in [3.05, 3.63) is 35.6 Å². The minimum Gasteiger partial charge on any atom is -0.342 e. The van der Waals surface area contributed by atoms with Crippen LogP contribution in [0.15, 0.2) is 30.6 Å². The van der Waals surface area contributed by atoms with Crippen LogP contribution in [-0.2, 0) is 4.79 Å². The average molecular weight is 292 g/mol. The third-order valence-corrected chi connectivity index (χ3v) is 3.24. The van der Waals surface area contributed by atoms with Crippen LogP contribution in [0.4, 0.5) is 11.6 Å². The zero-order valence-corrected chi connectivity index (χ0v) is 11.0. The minimum atomic E-state index is -0.699. The molecule has 0 saturated heterocycles. The molecule has 2 N–H and O–H groups in total. The number of anilines is 2. The molecule has 0 radical (unpaired) electrons. The highest BCUT2D eigenvalue weighted by molar-refractivity contribution is 6.33. The highest BCUT2D eigenvalue weighted by Gasteiger charge is 2.30. The van der Waals surface area contributed by atoms with Gasteiger partial charge in [0.25, 0.3) is 5.91 Å². The quantitative estimate of drug-likeness (QED) is 0.873. The van der Waals surface area contributed by atoms with E-state index in [1.165, 1.54) is 6.33 Å². The highest BCUT2D eigenvalue weighted by atomic mass is 35.5. The standard InChI is InChI=1S/C12H10ClN5O2/c13-7-3-1-2-4-8(7)16-11(20)9-5-10(19)18-12(17-9)14-6-15-18/h1-4,6,9H,5H2,(H,16,20)(H,14,15,17)/t9-/m1/s1. The molecule has 0 bridgehead atoms. The van der Waals surface area contributed by atoms with Gasteiger partial charge in [-0.3, -0.25) is 9.59 Å². The predicted octanol–water partition coefficient (Wildman–Crippen LogP) is 1.39. The molecule has 0 unspecified atom stereocenters. The normalized spacial score (nSPS) is 17.2. The first kappa shape index (κ1) is 12.6. The summed E-state index contributed by atoms with van der Waals surface area (Å²) in [5, 5.41) is 9.75. The third kappa shape index (κ3) is 2.23. The van der Waals surface area contributed by atoms with Crippen molar-refractivity contribution in [1.82, 2.24) is 14.8 Å². The summed E-state index contributed by atoms with van der Waals surface area (Å²) < 4.78 is 1.14. The van der Waals surface area contributed by atoms with Gasteiger partial charge in [-0.15, -0.1) is 0 Å². The summed E-state index contributed by atoms with van der Waals surface area (Å²) in [6, 6.07) is 6.19. The maximum absolute atomic E-state index is 12.2. The van der Waals surface area contributed by atoms with Crippen LogP contribution >= 0.6 is 11.6 Å². The number of rotatable bonds is 2. The van der Waals surface area contributed by atoms with Crippen molar-refractivity contribution in [2.75, 3.05) is 10.6 Å². The Morgan fingerprint density at radius 2 is 2.25 bits per heavy atom. The second-order valence-corrected chi connectivity index (χ2v) is 4.67. The summed E-state index contributed by atoms with van der Waals surface area (Å²) in [4.78, 5) is 27.8. The van der Waals surface area contributed by atoms with Gasteiger partial charge in [0.05, 0.1) is 17.1 Å². The van der Waals surface area contributed by atoms with Gasteiger partial charge in [0, 0.05) is 0 Å². The Hall–Kier alpha value is -2.41. The van der Waals surface area contributed by atoms with Crippen LogP contribution in [0.3, 0.4) is 0 Å². The zero-order chi connectivity index (χ0) is 14.1. The Morgan fingerprint density at radius 1 is 1.45 bits per heavy atom. The van der Waals surface area contributed by atoms with E-state index in [-0.39, 0.29) is 24.2 Å². The van der Waals surface area contributed by atoms with Crippen molar-refractivity contribution in [2.45, 2.75) is 12.5 Å². The van der Waals surface area contributed by atoms with Gasteiger partial charge in [0.15, 0.2) is 0 Å². The molecule has 3 rings (SSSR count). The summed E-state index contributed by atoms with van der Waals surface area (Å²) in [5.41, 5.74) is 0.500. The molecule has 20 heavy (non-hydrogen) atoms. The van der Waals surface area contributed by atoms with Gasteiger partial charge in [-0.1, -0.05) is 23.7 Å². The molecule has 1 amide bonds. The Bertz CT molecular complexity index is 684. The molecule has 1 aliphatic heterocycles. The Labute approximate surface area is 118 Å². The molecule has 1 aromatic carbocycles. The molecule has 0 aliphatic carbocycles. The van der Waals surface area contributed by atoms with Gasteiger partial charge in [0.1, 0.15) is 12.4 Å². The van der Waals surface area contributed by atoms with Crippen molar-refractivity contribution in [1.29, 1.82) is 0 Å². The molecular formula is C12H10ClN5O2. The maximum Gasteiger partial charge on any atom is 0.252 e. The lowest BCUT2D eigenvalue weighted by molar-refractivity contribution is -0.117. The molecule has 0 fully saturated rings. The number of halogens is 1. The van der Waals surface area contributed by atoms with Crippen LogP contribution in [0, 0.1) is 0 Å². The molecule has 8 heteroatoms. The largest absolute Gasteiger partial charge is 0.342 e. The molecule has 1 aromatic heterocycles. The molecule has 7 nitrogen and oxygen atoms in total. The zero-order valence-electron chi connectivity index (χ0n) is 10.2. The summed E-state index contributed by atoms with van der Waals surface area (Å²) in [6.07, 6.45) is 1.27. The number of hydrogen-bond donors (Lipinski definition) is 2. The lowest BCUT2D eigenvalue weighted by Crippen LogP contribution is -2.42. The fourth-order valence-corrected chi connectivity index (χ4v) is 2.11. The number of nitrogens with one attached hydrogen (secondary N) is 2. The van der Waals surface area contributed by atoms with Crippen LogP contribution in [0.25, 0.3) is 0 Å². The van der Waals surface area contributed by atoms with Crippen LogP contribution < -0.4 is 10.6 Å². The van der Waals surface area contributed by atoms with Gasteiger partial charge < -0.3 is 10.6 Å². The van der Waals surface area contributed by atoms with E-state index in [1.807, 2.05) is 0 Å². The molecule has 2 heterocycles. The van der Waals surface area contributed by atoms with Crippen molar-refractivity contribution in [3.8, 4) is 0 Å². The topological polar surface area (TPSA) is 88.9 Å². The fourth-order valence-electron chi connectivity index (χ4n) is 1.93. The monoisotopic (exact) mass is 291 g/mol. The molecule has 1 atom stereocenters. The first-order chi connectivity index (χ1) is 9.65. The summed E-state index contributed by atoms with van der Waals surface area (Å²) in [7, 11) is 0. The number of hydrogen-bond acceptors (Lipinski definition) is 5. The summed E-state index contributed by atoms with van der Waals surface area (Å²) >= 11 is 5.97. The van der Waals surface area contributed by atoms with E-state index in [9.17, 15) is 9.59 Å². The molecular weight excluding hydrogens is 282 g/mol. The van der Waals surface area contributed by atoms with Crippen molar-refractivity contribution < 1.29 is 9.59 Å². The maximum atomic E-state index is 12.2. The third-order valence-electron chi connectivity index (χ3n) is 2.91. The molecule has 2 aromatic rings. The van der Waals surface area contributed by atoms with Gasteiger partial charge >= 0.3 is 0 Å². The minimum absolute atomic E-state index is 0.00659. The SMILES string of the molecule is O=C(Nc1ccccc1Cl)[C@H]1CC(=O)n2ncnc2N1. The van der Waals surface area contributed by atoms with E-state index in [1.54, 1.807) is 24.3 Å². The van der Waals surface area contributed by atoms with E-state index < -0.39 is 6.04 Å². The predicted molar refractivity (Wildman–Crippen MR) is 72.8 cm³/mol. The lowest BCUT2D eigenvalue weighted by Gasteiger charge is -2.22. The van der Waals surface area contributed by atoms with Crippen molar-refractivity contribution in [2.24, 2.45) is 0 Å². The first-order valence-corrected chi connectivity index (χ1v) is 6.28. The Morgan fingerprint density at radius 3 is 3.05 bits per heavy atom. The van der Waals surface area contributed by atoms with Crippen LogP contribution in [0.2, 0.25) is 5.02 Å². The first-order valence-electron chi connectivity index (χ1n) is 5.90. The number of aromatic nitrogens is 3. The van der Waals surface area contributed by atoms with E-state index in [0.717, 1.165) is 4.68 Å². The molecule has 0 spiro atoms. The number of carbonyl (C=O) groups is 2. The van der Waals surface area contributed by atoms with E-state index in [0.29, 0.717) is 10.7 Å². The van der Waals surface area contributed by atoms with Crippen molar-refractivity contribution >= 4 is 35.1 Å². The van der Waals surface area contributed by atoms with Gasteiger partial charge in [0.2, 0.25) is 11.9 Å². The van der Waals surface area contributed by atoms with Crippen molar-refractivity contribution in [3.63, 3.8) is 0 Å². The number of para-hydroxylation sites is 1. The van der Waals surface area contributed by atoms with Crippen LogP contribution in [0.1, 0.15) is 11.2 Å². The van der Waals surface area contributed by atoms with Gasteiger partial charge in [-0.05, 0) is 12.1 Å². The molecule has 0 saturated carbocycles. The fraction of sp³-hybridized carbons (Fsp3) is 0.167. The number of amides is 1. The van der Waals surface area contributed by atoms with E-state index in [4.69, 9.17) is 11.6 Å². The lowest BCUT2D eigenvalue weighted by atomic mass is 10.1. The van der Waals surface area contributed by atoms with Crippen LogP contribution in [0.5, 0.6) is 0 Å². The summed E-state index contributed by atoms with van der Waals surface area (Å²) in [5.74, 6) is -0.364. The number of carbonyl (C=O) groups excluding carboxylic acids is 2. The second-order valence-electron chi connectivity index (χ2n) is 4.26. The number of benzene rings is 1. The Balaban J connectivity index is 1.76. The van der Waals surface area contributed by atoms with Gasteiger partial charge in [-0.2, -0.15) is 14.8 Å². The van der Waals surface area contributed by atoms with E-state index in [2.05, 4.69) is 20.7 Å². The van der Waals surface area contributed by atoms with Gasteiger partial charge in [-0.25, -0.2) is 0 Å². The second kappa shape index (κ2) is 4.93. The highest BCUT2D eigenvalue weighted by Crippen LogP contribution is 2.22. The van der Waals surface area contributed by atoms with Crippen LogP contribution in [-0.4, -0.2) is 32.6 Å². The Kier molecular flexibility index (Phi) is 3.11. The number of fused-ring (bicyclic) bond motifs is 1. The average Bonchev–Trinajstić information content (AvgIpc) is 2.90. The smallest absolute Gasteiger partial charge is 0.252 e. The molecule has 102 valence electrons. The number of nitrogens with zero attached hydrogens (tertiary/aromatic N) is 3. The molecule has 1 aliphatic rings. The summed E-state index contributed by atoms with van der Waals surface area (Å²) in [6.45, 7) is 0. The van der Waals surface area contributed by atoms with E-state index >= 15 is 0 Å².